The summed E-state index contributed by atoms with van der Waals surface area (Å²) in [6.07, 6.45) is -0.650. The van der Waals surface area contributed by atoms with Crippen molar-refractivity contribution >= 4 is 35.9 Å². The molecule has 1 amide bonds. The fraction of sp³-hybridized carbons (Fsp3) is 0.444. The van der Waals surface area contributed by atoms with Gasteiger partial charge < -0.3 is 14.4 Å². The Balaban J connectivity index is 1.91. The van der Waals surface area contributed by atoms with Crippen LogP contribution < -0.4 is 16.1 Å². The molecule has 0 aliphatic carbocycles. The van der Waals surface area contributed by atoms with Gasteiger partial charge in [-0.1, -0.05) is 26.6 Å². The SMILES string of the molecule is CCC(O)c1cc2n(c(=O)c1C)Cc1c-2nc2ccc(NC(=O)OC(C)(C)C)cc2c1[Si](C)(C)C. The summed E-state index contributed by atoms with van der Waals surface area (Å²) in [6, 6.07) is 7.62. The average Bonchev–Trinajstić information content (AvgIpc) is 3.09. The largest absolute Gasteiger partial charge is 0.444 e. The zero-order valence-corrected chi connectivity index (χ0v) is 22.9. The predicted molar refractivity (Wildman–Crippen MR) is 143 cm³/mol. The molecule has 1 aliphatic heterocycles. The Labute approximate surface area is 207 Å². The zero-order chi connectivity index (χ0) is 25.9. The Morgan fingerprint density at radius 1 is 1.26 bits per heavy atom. The van der Waals surface area contributed by atoms with E-state index in [1.54, 1.807) is 11.5 Å². The quantitative estimate of drug-likeness (QED) is 0.387. The van der Waals surface area contributed by atoms with Crippen LogP contribution in [0.2, 0.25) is 19.6 Å². The molecule has 0 saturated carbocycles. The van der Waals surface area contributed by atoms with Crippen molar-refractivity contribution in [1.29, 1.82) is 0 Å². The summed E-state index contributed by atoms with van der Waals surface area (Å²) < 4.78 is 7.20. The standard InChI is InChI=1S/C27H35N3O4Si/c1-9-22(31)17-13-21-23-19(14-30(21)25(32)15(17)2)24(35(6,7)8)18-12-16(10-11-20(18)29-23)28-26(33)34-27(3,4)5/h10-13,22,31H,9,14H2,1-8H3,(H,28,33). The lowest BCUT2D eigenvalue weighted by molar-refractivity contribution is 0.0636. The molecule has 4 rings (SSSR count). The van der Waals surface area contributed by atoms with Crippen LogP contribution in [0.3, 0.4) is 0 Å². The number of carbonyl (C=O) groups is 1. The second kappa shape index (κ2) is 8.60. The Morgan fingerprint density at radius 2 is 1.94 bits per heavy atom. The second-order valence-electron chi connectivity index (χ2n) is 11.3. The monoisotopic (exact) mass is 493 g/mol. The molecular weight excluding hydrogens is 458 g/mol. The number of carbonyl (C=O) groups excluding carboxylic acids is 1. The number of aliphatic hydroxyl groups is 1. The van der Waals surface area contributed by atoms with E-state index in [1.807, 2.05) is 52.0 Å². The lowest BCUT2D eigenvalue weighted by Gasteiger charge is -2.23. The molecule has 0 saturated heterocycles. The van der Waals surface area contributed by atoms with Crippen molar-refractivity contribution in [2.45, 2.75) is 78.9 Å². The van der Waals surface area contributed by atoms with Crippen LogP contribution in [-0.4, -0.2) is 34.4 Å². The number of amides is 1. The van der Waals surface area contributed by atoms with E-state index in [4.69, 9.17) is 9.72 Å². The maximum absolute atomic E-state index is 13.3. The molecule has 1 aliphatic rings. The smallest absolute Gasteiger partial charge is 0.412 e. The van der Waals surface area contributed by atoms with Gasteiger partial charge in [-0.25, -0.2) is 9.78 Å². The van der Waals surface area contributed by atoms with Crippen LogP contribution in [0.15, 0.2) is 29.1 Å². The van der Waals surface area contributed by atoms with Gasteiger partial charge in [0.2, 0.25) is 0 Å². The highest BCUT2D eigenvalue weighted by atomic mass is 28.3. The van der Waals surface area contributed by atoms with Gasteiger partial charge in [0.05, 0.1) is 37.6 Å². The molecule has 1 unspecified atom stereocenters. The molecule has 8 heteroatoms. The van der Waals surface area contributed by atoms with Crippen molar-refractivity contribution in [1.82, 2.24) is 9.55 Å². The van der Waals surface area contributed by atoms with Crippen LogP contribution in [0.1, 0.15) is 56.9 Å². The number of aliphatic hydroxyl groups excluding tert-OH is 1. The van der Waals surface area contributed by atoms with E-state index in [1.165, 1.54) is 5.19 Å². The Hall–Kier alpha value is -2.97. The number of ether oxygens (including phenoxy) is 1. The lowest BCUT2D eigenvalue weighted by atomic mass is 10.0. The number of nitrogens with zero attached hydrogens (tertiary/aromatic N) is 2. The molecule has 7 nitrogen and oxygen atoms in total. The van der Waals surface area contributed by atoms with Gasteiger partial charge >= 0.3 is 6.09 Å². The Bertz CT molecular complexity index is 1400. The average molecular weight is 494 g/mol. The molecule has 0 fully saturated rings. The molecule has 2 aromatic heterocycles. The van der Waals surface area contributed by atoms with E-state index in [2.05, 4.69) is 25.0 Å². The third-order valence-corrected chi connectivity index (χ3v) is 8.44. The number of fused-ring (bicyclic) bond motifs is 4. The van der Waals surface area contributed by atoms with Crippen molar-refractivity contribution < 1.29 is 14.6 Å². The summed E-state index contributed by atoms with van der Waals surface area (Å²) in [5, 5.41) is 15.6. The van der Waals surface area contributed by atoms with E-state index in [-0.39, 0.29) is 5.56 Å². The summed E-state index contributed by atoms with van der Waals surface area (Å²) in [5.41, 5.74) is 4.67. The van der Waals surface area contributed by atoms with Crippen LogP contribution in [0.4, 0.5) is 10.5 Å². The lowest BCUT2D eigenvalue weighted by Crippen LogP contribution is -2.41. The fourth-order valence-corrected chi connectivity index (χ4v) is 6.98. The fourth-order valence-electron chi connectivity index (χ4n) is 4.87. The van der Waals surface area contributed by atoms with Gasteiger partial charge in [0.15, 0.2) is 0 Å². The minimum Gasteiger partial charge on any atom is -0.444 e. The number of pyridine rings is 2. The van der Waals surface area contributed by atoms with Crippen LogP contribution in [0.5, 0.6) is 0 Å². The molecule has 2 N–H and O–H groups in total. The molecule has 0 bridgehead atoms. The zero-order valence-electron chi connectivity index (χ0n) is 21.9. The summed E-state index contributed by atoms with van der Waals surface area (Å²) in [4.78, 5) is 30.6. The Kier molecular flexibility index (Phi) is 6.18. The van der Waals surface area contributed by atoms with Crippen LogP contribution >= 0.6 is 0 Å². The molecule has 0 spiro atoms. The molecule has 186 valence electrons. The minimum absolute atomic E-state index is 0.0825. The van der Waals surface area contributed by atoms with Gasteiger partial charge in [-0.05, 0) is 74.7 Å². The molecule has 3 aromatic rings. The van der Waals surface area contributed by atoms with Gasteiger partial charge in [-0.2, -0.15) is 0 Å². The summed E-state index contributed by atoms with van der Waals surface area (Å²) >= 11 is 0. The molecule has 0 radical (unpaired) electrons. The maximum atomic E-state index is 13.3. The third-order valence-electron chi connectivity index (χ3n) is 6.37. The highest BCUT2D eigenvalue weighted by molar-refractivity contribution is 6.90. The van der Waals surface area contributed by atoms with Crippen LogP contribution in [0, 0.1) is 6.92 Å². The number of hydrogen-bond donors (Lipinski definition) is 2. The summed E-state index contributed by atoms with van der Waals surface area (Å²) in [6.45, 7) is 16.5. The van der Waals surface area contributed by atoms with Crippen molar-refractivity contribution in [2.24, 2.45) is 0 Å². The topological polar surface area (TPSA) is 93.5 Å². The molecule has 3 heterocycles. The van der Waals surface area contributed by atoms with Gasteiger partial charge in [-0.15, -0.1) is 0 Å². The second-order valence-corrected chi connectivity index (χ2v) is 16.3. The van der Waals surface area contributed by atoms with E-state index in [0.29, 0.717) is 29.8 Å². The number of aromatic nitrogens is 2. The van der Waals surface area contributed by atoms with Gasteiger partial charge in [-0.3, -0.25) is 10.1 Å². The van der Waals surface area contributed by atoms with Gasteiger partial charge in [0, 0.05) is 16.6 Å². The number of benzene rings is 1. The first-order valence-electron chi connectivity index (χ1n) is 12.1. The summed E-state index contributed by atoms with van der Waals surface area (Å²) in [5.74, 6) is 0. The van der Waals surface area contributed by atoms with Crippen LogP contribution in [-0.2, 0) is 11.3 Å². The van der Waals surface area contributed by atoms with Crippen molar-refractivity contribution in [3.05, 3.63) is 51.3 Å². The van der Waals surface area contributed by atoms with Crippen molar-refractivity contribution in [3.63, 3.8) is 0 Å². The predicted octanol–water partition coefficient (Wildman–Crippen LogP) is 5.07. The van der Waals surface area contributed by atoms with E-state index < -0.39 is 25.9 Å². The van der Waals surface area contributed by atoms with Crippen molar-refractivity contribution in [3.8, 4) is 11.4 Å². The first-order chi connectivity index (χ1) is 16.2. The van der Waals surface area contributed by atoms with Crippen molar-refractivity contribution in [2.75, 3.05) is 5.32 Å². The molecule has 1 aromatic carbocycles. The molecule has 1 atom stereocenters. The highest BCUT2D eigenvalue weighted by Gasteiger charge is 2.33. The van der Waals surface area contributed by atoms with E-state index >= 15 is 0 Å². The normalized spacial score (nSPS) is 14.0. The summed E-state index contributed by atoms with van der Waals surface area (Å²) in [7, 11) is -1.92. The molecule has 35 heavy (non-hydrogen) atoms. The number of nitrogens with one attached hydrogen (secondary N) is 1. The van der Waals surface area contributed by atoms with Gasteiger partial charge in [0.25, 0.3) is 5.56 Å². The molecular formula is C27H35N3O4Si. The van der Waals surface area contributed by atoms with Crippen LogP contribution in [0.25, 0.3) is 22.3 Å². The van der Waals surface area contributed by atoms with E-state index in [9.17, 15) is 14.7 Å². The maximum Gasteiger partial charge on any atom is 0.412 e. The Morgan fingerprint density at radius 3 is 2.54 bits per heavy atom. The van der Waals surface area contributed by atoms with E-state index in [0.717, 1.165) is 27.9 Å². The highest BCUT2D eigenvalue weighted by Crippen LogP contribution is 2.35. The van der Waals surface area contributed by atoms with Gasteiger partial charge in [0.1, 0.15) is 5.60 Å². The first kappa shape index (κ1) is 25.1. The number of rotatable bonds is 4. The third kappa shape index (κ3) is 4.64. The first-order valence-corrected chi connectivity index (χ1v) is 15.6. The minimum atomic E-state index is -1.92. The number of hydrogen-bond acceptors (Lipinski definition) is 5. The number of anilines is 1.